The van der Waals surface area contributed by atoms with Crippen molar-refractivity contribution in [2.45, 2.75) is 30.1 Å². The van der Waals surface area contributed by atoms with E-state index in [0.29, 0.717) is 11.8 Å². The lowest BCUT2D eigenvalue weighted by atomic mass is 10.2. The van der Waals surface area contributed by atoms with E-state index in [2.05, 4.69) is 30.7 Å². The zero-order valence-electron chi connectivity index (χ0n) is 11.3. The number of rotatable bonds is 6. The van der Waals surface area contributed by atoms with Crippen molar-refractivity contribution >= 4 is 27.7 Å². The van der Waals surface area contributed by atoms with Crippen LogP contribution in [0.5, 0.6) is 0 Å². The van der Waals surface area contributed by atoms with Gasteiger partial charge in [0.2, 0.25) is 0 Å². The largest absolute Gasteiger partial charge is 0.394 e. The van der Waals surface area contributed by atoms with Crippen LogP contribution in [0.15, 0.2) is 33.9 Å². The van der Waals surface area contributed by atoms with Gasteiger partial charge in [0.1, 0.15) is 0 Å². The van der Waals surface area contributed by atoms with Crippen molar-refractivity contribution in [3.05, 3.63) is 28.7 Å². The van der Waals surface area contributed by atoms with Gasteiger partial charge >= 0.3 is 0 Å². The monoisotopic (exact) mass is 369 g/mol. The highest BCUT2D eigenvalue weighted by Gasteiger charge is 2.30. The number of hydrogen-bond acceptors (Lipinski definition) is 5. The van der Waals surface area contributed by atoms with Gasteiger partial charge in [0.25, 0.3) is 0 Å². The van der Waals surface area contributed by atoms with Gasteiger partial charge in [-0.2, -0.15) is 0 Å². The molecule has 1 aliphatic carbocycles. The van der Waals surface area contributed by atoms with E-state index in [0.717, 1.165) is 33.9 Å². The summed E-state index contributed by atoms with van der Waals surface area (Å²) in [7, 11) is 0. The lowest BCUT2D eigenvalue weighted by Gasteiger charge is -2.10. The predicted octanol–water partition coefficient (Wildman–Crippen LogP) is 2.49. The van der Waals surface area contributed by atoms with Crippen molar-refractivity contribution in [1.29, 1.82) is 0 Å². The third-order valence-corrected chi connectivity index (χ3v) is 4.91. The van der Waals surface area contributed by atoms with Crippen molar-refractivity contribution in [3.8, 4) is 11.4 Å². The SMILES string of the molecule is OCC(O)CSc1nnc(-c2ccc(Br)cc2)n1C1CC1. The highest BCUT2D eigenvalue weighted by atomic mass is 79.9. The molecule has 1 aliphatic rings. The van der Waals surface area contributed by atoms with Gasteiger partial charge in [0.05, 0.1) is 12.7 Å². The summed E-state index contributed by atoms with van der Waals surface area (Å²) in [6.07, 6.45) is 1.55. The molecular formula is C14H16BrN3O2S. The highest BCUT2D eigenvalue weighted by Crippen LogP contribution is 2.41. The van der Waals surface area contributed by atoms with Gasteiger partial charge in [0, 0.05) is 21.8 Å². The van der Waals surface area contributed by atoms with E-state index >= 15 is 0 Å². The average Bonchev–Trinajstić information content (AvgIpc) is 3.25. The second-order valence-corrected chi connectivity index (χ2v) is 6.96. The molecular weight excluding hydrogens is 354 g/mol. The molecule has 1 unspecified atom stereocenters. The Morgan fingerprint density at radius 2 is 2.00 bits per heavy atom. The smallest absolute Gasteiger partial charge is 0.191 e. The van der Waals surface area contributed by atoms with Gasteiger partial charge in [-0.3, -0.25) is 4.57 Å². The molecule has 0 bridgehead atoms. The molecule has 2 N–H and O–H groups in total. The molecule has 7 heteroatoms. The zero-order valence-corrected chi connectivity index (χ0v) is 13.7. The molecule has 0 amide bonds. The maximum atomic E-state index is 9.49. The Hall–Kier alpha value is -0.890. The summed E-state index contributed by atoms with van der Waals surface area (Å²) in [5.41, 5.74) is 1.03. The minimum Gasteiger partial charge on any atom is -0.394 e. The minimum absolute atomic E-state index is 0.232. The van der Waals surface area contributed by atoms with Crippen LogP contribution in [0.2, 0.25) is 0 Å². The summed E-state index contributed by atoms with van der Waals surface area (Å²) in [5, 5.41) is 27.8. The number of hydrogen-bond donors (Lipinski definition) is 2. The second-order valence-electron chi connectivity index (χ2n) is 5.06. The summed E-state index contributed by atoms with van der Waals surface area (Å²) in [6.45, 7) is -0.232. The molecule has 1 atom stereocenters. The van der Waals surface area contributed by atoms with Crippen LogP contribution in [0.3, 0.4) is 0 Å². The summed E-state index contributed by atoms with van der Waals surface area (Å²) in [5.74, 6) is 1.29. The molecule has 1 aromatic carbocycles. The molecule has 1 heterocycles. The third-order valence-electron chi connectivity index (χ3n) is 3.29. The lowest BCUT2D eigenvalue weighted by molar-refractivity contribution is 0.113. The van der Waals surface area contributed by atoms with Crippen LogP contribution in [-0.4, -0.2) is 43.4 Å². The summed E-state index contributed by atoms with van der Waals surface area (Å²) < 4.78 is 3.18. The Bertz CT molecular complexity index is 613. The first kappa shape index (κ1) is 15.0. The van der Waals surface area contributed by atoms with Crippen LogP contribution in [0, 0.1) is 0 Å². The van der Waals surface area contributed by atoms with Crippen molar-refractivity contribution in [3.63, 3.8) is 0 Å². The average molecular weight is 370 g/mol. The molecule has 1 saturated carbocycles. The number of aliphatic hydroxyl groups excluding tert-OH is 2. The zero-order chi connectivity index (χ0) is 14.8. The molecule has 0 spiro atoms. The standard InChI is InChI=1S/C14H16BrN3O2S/c15-10-3-1-9(2-4-10)13-16-17-14(18(13)11-5-6-11)21-8-12(20)7-19/h1-4,11-12,19-20H,5-8H2. The Kier molecular flexibility index (Phi) is 4.63. The predicted molar refractivity (Wildman–Crippen MR) is 85.2 cm³/mol. The number of halogens is 1. The lowest BCUT2D eigenvalue weighted by Crippen LogP contribution is -2.15. The minimum atomic E-state index is -0.726. The first-order chi connectivity index (χ1) is 10.2. The van der Waals surface area contributed by atoms with Gasteiger partial charge in [-0.1, -0.05) is 39.8 Å². The molecule has 0 saturated heterocycles. The maximum Gasteiger partial charge on any atom is 0.191 e. The van der Waals surface area contributed by atoms with Crippen LogP contribution >= 0.6 is 27.7 Å². The Morgan fingerprint density at radius 1 is 1.29 bits per heavy atom. The molecule has 5 nitrogen and oxygen atoms in total. The summed E-state index contributed by atoms with van der Waals surface area (Å²) >= 11 is 4.87. The highest BCUT2D eigenvalue weighted by molar-refractivity contribution is 9.10. The molecule has 1 aromatic heterocycles. The van der Waals surface area contributed by atoms with Crippen LogP contribution in [0.4, 0.5) is 0 Å². The van der Waals surface area contributed by atoms with Crippen LogP contribution in [0.1, 0.15) is 18.9 Å². The van der Waals surface area contributed by atoms with E-state index in [-0.39, 0.29) is 6.61 Å². The molecule has 2 aromatic rings. The fraction of sp³-hybridized carbons (Fsp3) is 0.429. The van der Waals surface area contributed by atoms with Crippen molar-refractivity contribution in [1.82, 2.24) is 14.8 Å². The molecule has 112 valence electrons. The fourth-order valence-corrected chi connectivity index (χ4v) is 3.24. The van der Waals surface area contributed by atoms with E-state index in [4.69, 9.17) is 5.11 Å². The van der Waals surface area contributed by atoms with E-state index in [1.807, 2.05) is 24.3 Å². The van der Waals surface area contributed by atoms with Crippen molar-refractivity contribution in [2.24, 2.45) is 0 Å². The molecule has 21 heavy (non-hydrogen) atoms. The van der Waals surface area contributed by atoms with Crippen molar-refractivity contribution < 1.29 is 10.2 Å². The van der Waals surface area contributed by atoms with E-state index in [1.165, 1.54) is 11.8 Å². The molecule has 3 rings (SSSR count). The normalized spacial score (nSPS) is 16.1. The number of benzene rings is 1. The fourth-order valence-electron chi connectivity index (χ4n) is 2.06. The van der Waals surface area contributed by atoms with Crippen LogP contribution < -0.4 is 0 Å². The van der Waals surface area contributed by atoms with Gasteiger partial charge in [0.15, 0.2) is 11.0 Å². The van der Waals surface area contributed by atoms with Gasteiger partial charge < -0.3 is 10.2 Å². The molecule has 0 aliphatic heterocycles. The first-order valence-electron chi connectivity index (χ1n) is 6.81. The molecule has 1 fully saturated rings. The maximum absolute atomic E-state index is 9.49. The van der Waals surface area contributed by atoms with Crippen LogP contribution in [0.25, 0.3) is 11.4 Å². The van der Waals surface area contributed by atoms with Crippen molar-refractivity contribution in [2.75, 3.05) is 12.4 Å². The van der Waals surface area contributed by atoms with E-state index < -0.39 is 6.10 Å². The Morgan fingerprint density at radius 3 is 2.62 bits per heavy atom. The third kappa shape index (κ3) is 3.48. The van der Waals surface area contributed by atoms with Gasteiger partial charge in [-0.15, -0.1) is 10.2 Å². The van der Waals surface area contributed by atoms with Gasteiger partial charge in [-0.25, -0.2) is 0 Å². The Labute approximate surface area is 135 Å². The van der Waals surface area contributed by atoms with E-state index in [9.17, 15) is 5.11 Å². The summed E-state index contributed by atoms with van der Waals surface area (Å²) in [6, 6.07) is 8.47. The van der Waals surface area contributed by atoms with Crippen LogP contribution in [-0.2, 0) is 0 Å². The number of aromatic nitrogens is 3. The number of aliphatic hydroxyl groups is 2. The Balaban J connectivity index is 1.87. The topological polar surface area (TPSA) is 71.2 Å². The number of nitrogens with zero attached hydrogens (tertiary/aromatic N) is 3. The summed E-state index contributed by atoms with van der Waals surface area (Å²) in [4.78, 5) is 0. The quantitative estimate of drug-likeness (QED) is 0.765. The second kappa shape index (κ2) is 6.48. The number of thioether (sulfide) groups is 1. The molecule has 0 radical (unpaired) electrons. The van der Waals surface area contributed by atoms with E-state index in [1.54, 1.807) is 0 Å². The van der Waals surface area contributed by atoms with Gasteiger partial charge in [-0.05, 0) is 25.0 Å². The first-order valence-corrected chi connectivity index (χ1v) is 8.59.